The van der Waals surface area contributed by atoms with Crippen LogP contribution in [0.25, 0.3) is 0 Å². The van der Waals surface area contributed by atoms with Gasteiger partial charge in [0, 0.05) is 24.6 Å². The average molecular weight is 227 g/mol. The zero-order valence-corrected chi connectivity index (χ0v) is 10.0. The SMILES string of the molecule is CC1(C)CC(NCc2csnn2)CCO1. The van der Waals surface area contributed by atoms with Crippen LogP contribution < -0.4 is 5.32 Å². The van der Waals surface area contributed by atoms with Crippen molar-refractivity contribution >= 4 is 11.5 Å². The lowest BCUT2D eigenvalue weighted by Gasteiger charge is -2.35. The van der Waals surface area contributed by atoms with Crippen molar-refractivity contribution in [3.8, 4) is 0 Å². The van der Waals surface area contributed by atoms with Crippen LogP contribution in [0.5, 0.6) is 0 Å². The maximum Gasteiger partial charge on any atom is 0.0893 e. The van der Waals surface area contributed by atoms with Crippen molar-refractivity contribution in [1.29, 1.82) is 0 Å². The van der Waals surface area contributed by atoms with E-state index < -0.39 is 0 Å². The molecule has 5 heteroatoms. The van der Waals surface area contributed by atoms with Crippen LogP contribution in [0.3, 0.4) is 0 Å². The fraction of sp³-hybridized carbons (Fsp3) is 0.800. The molecule has 1 aromatic heterocycles. The van der Waals surface area contributed by atoms with Crippen molar-refractivity contribution in [3.63, 3.8) is 0 Å². The van der Waals surface area contributed by atoms with E-state index in [2.05, 4.69) is 28.8 Å². The lowest BCUT2D eigenvalue weighted by atomic mass is 9.94. The molecule has 0 saturated carbocycles. The Morgan fingerprint density at radius 2 is 2.53 bits per heavy atom. The van der Waals surface area contributed by atoms with E-state index in [9.17, 15) is 0 Å². The number of aromatic nitrogens is 2. The van der Waals surface area contributed by atoms with Gasteiger partial charge in [-0.25, -0.2) is 0 Å². The monoisotopic (exact) mass is 227 g/mol. The highest BCUT2D eigenvalue weighted by molar-refractivity contribution is 7.03. The van der Waals surface area contributed by atoms with E-state index in [-0.39, 0.29) is 5.60 Å². The number of ether oxygens (including phenoxy) is 1. The number of nitrogens with zero attached hydrogens (tertiary/aromatic N) is 2. The molecule has 0 spiro atoms. The maximum atomic E-state index is 5.67. The van der Waals surface area contributed by atoms with Crippen LogP contribution in [0, 0.1) is 0 Å². The second-order valence-corrected chi connectivity index (χ2v) is 5.18. The molecule has 1 atom stereocenters. The Hall–Kier alpha value is -0.520. The highest BCUT2D eigenvalue weighted by Gasteiger charge is 2.28. The third-order valence-electron chi connectivity index (χ3n) is 2.67. The average Bonchev–Trinajstić information content (AvgIpc) is 2.65. The first-order valence-corrected chi connectivity index (χ1v) is 6.13. The molecule has 84 valence electrons. The summed E-state index contributed by atoms with van der Waals surface area (Å²) in [7, 11) is 0. The van der Waals surface area contributed by atoms with Gasteiger partial charge in [-0.05, 0) is 38.2 Å². The minimum Gasteiger partial charge on any atom is -0.375 e. The van der Waals surface area contributed by atoms with Crippen molar-refractivity contribution in [1.82, 2.24) is 14.9 Å². The third-order valence-corrected chi connectivity index (χ3v) is 3.23. The van der Waals surface area contributed by atoms with Crippen LogP contribution in [0.4, 0.5) is 0 Å². The fourth-order valence-corrected chi connectivity index (χ4v) is 2.37. The first-order chi connectivity index (χ1) is 7.16. The van der Waals surface area contributed by atoms with Crippen LogP contribution in [-0.4, -0.2) is 27.8 Å². The van der Waals surface area contributed by atoms with Crippen molar-refractivity contribution in [2.24, 2.45) is 0 Å². The Bertz CT molecular complexity index is 300. The zero-order chi connectivity index (χ0) is 10.7. The highest BCUT2D eigenvalue weighted by Crippen LogP contribution is 2.23. The number of nitrogens with one attached hydrogen (secondary N) is 1. The first-order valence-electron chi connectivity index (χ1n) is 5.29. The zero-order valence-electron chi connectivity index (χ0n) is 9.19. The smallest absolute Gasteiger partial charge is 0.0893 e. The van der Waals surface area contributed by atoms with Gasteiger partial charge in [-0.1, -0.05) is 4.49 Å². The van der Waals surface area contributed by atoms with Crippen LogP contribution in [0.1, 0.15) is 32.4 Å². The fourth-order valence-electron chi connectivity index (χ4n) is 1.92. The van der Waals surface area contributed by atoms with Gasteiger partial charge < -0.3 is 10.1 Å². The minimum atomic E-state index is 0.0102. The van der Waals surface area contributed by atoms with E-state index in [1.165, 1.54) is 11.5 Å². The summed E-state index contributed by atoms with van der Waals surface area (Å²) in [5.41, 5.74) is 1.04. The van der Waals surface area contributed by atoms with E-state index in [4.69, 9.17) is 4.74 Å². The molecule has 0 bridgehead atoms. The van der Waals surface area contributed by atoms with Crippen molar-refractivity contribution in [2.45, 2.75) is 44.9 Å². The largest absolute Gasteiger partial charge is 0.375 e. The molecule has 2 heterocycles. The molecule has 1 unspecified atom stereocenters. The van der Waals surface area contributed by atoms with Gasteiger partial charge in [0.2, 0.25) is 0 Å². The van der Waals surface area contributed by atoms with E-state index in [1.54, 1.807) is 0 Å². The highest BCUT2D eigenvalue weighted by atomic mass is 32.1. The Kier molecular flexibility index (Phi) is 3.33. The molecule has 1 fully saturated rings. The lowest BCUT2D eigenvalue weighted by Crippen LogP contribution is -2.43. The minimum absolute atomic E-state index is 0.0102. The predicted molar refractivity (Wildman–Crippen MR) is 59.8 cm³/mol. The van der Waals surface area contributed by atoms with Gasteiger partial charge in [-0.15, -0.1) is 5.10 Å². The lowest BCUT2D eigenvalue weighted by molar-refractivity contribution is -0.0631. The molecule has 1 aromatic rings. The standard InChI is InChI=1S/C10H17N3OS/c1-10(2)5-8(3-4-14-10)11-6-9-7-15-13-12-9/h7-8,11H,3-6H2,1-2H3. The van der Waals surface area contributed by atoms with Gasteiger partial charge in [-0.2, -0.15) is 0 Å². The van der Waals surface area contributed by atoms with Crippen molar-refractivity contribution < 1.29 is 4.74 Å². The Balaban J connectivity index is 1.80. The second-order valence-electron chi connectivity index (χ2n) is 4.58. The van der Waals surface area contributed by atoms with Crippen LogP contribution in [0.15, 0.2) is 5.38 Å². The normalized spacial score (nSPS) is 25.3. The van der Waals surface area contributed by atoms with E-state index >= 15 is 0 Å². The molecule has 1 saturated heterocycles. The molecular formula is C10H17N3OS. The van der Waals surface area contributed by atoms with E-state index in [0.717, 1.165) is 31.7 Å². The second kappa shape index (κ2) is 4.55. The topological polar surface area (TPSA) is 47.0 Å². The molecule has 0 amide bonds. The van der Waals surface area contributed by atoms with Gasteiger partial charge in [0.15, 0.2) is 0 Å². The summed E-state index contributed by atoms with van der Waals surface area (Å²) < 4.78 is 9.51. The van der Waals surface area contributed by atoms with Crippen LogP contribution >= 0.6 is 11.5 Å². The molecule has 1 aliphatic rings. The van der Waals surface area contributed by atoms with Crippen molar-refractivity contribution in [2.75, 3.05) is 6.61 Å². The number of hydrogen-bond donors (Lipinski definition) is 1. The summed E-state index contributed by atoms with van der Waals surface area (Å²) >= 11 is 1.40. The van der Waals surface area contributed by atoms with E-state index in [1.807, 2.05) is 5.38 Å². The molecule has 1 aliphatic heterocycles. The summed E-state index contributed by atoms with van der Waals surface area (Å²) in [6, 6.07) is 0.537. The number of rotatable bonds is 3. The molecule has 1 N–H and O–H groups in total. The molecule has 0 aliphatic carbocycles. The summed E-state index contributed by atoms with van der Waals surface area (Å²) in [5, 5.41) is 9.50. The Morgan fingerprint density at radius 3 is 3.20 bits per heavy atom. The Labute approximate surface area is 94.2 Å². The van der Waals surface area contributed by atoms with Crippen molar-refractivity contribution in [3.05, 3.63) is 11.1 Å². The summed E-state index contributed by atoms with van der Waals surface area (Å²) in [4.78, 5) is 0. The van der Waals surface area contributed by atoms with E-state index in [0.29, 0.717) is 6.04 Å². The molecule has 4 nitrogen and oxygen atoms in total. The quantitative estimate of drug-likeness (QED) is 0.851. The van der Waals surface area contributed by atoms with Gasteiger partial charge in [0.1, 0.15) is 0 Å². The van der Waals surface area contributed by atoms with Crippen LogP contribution in [0.2, 0.25) is 0 Å². The number of hydrogen-bond acceptors (Lipinski definition) is 5. The van der Waals surface area contributed by atoms with Gasteiger partial charge in [0.05, 0.1) is 11.3 Å². The first kappa shape index (κ1) is 11.0. The molecule has 0 aromatic carbocycles. The maximum absolute atomic E-state index is 5.67. The summed E-state index contributed by atoms with van der Waals surface area (Å²) in [6.45, 7) is 5.95. The molecule has 0 radical (unpaired) electrons. The van der Waals surface area contributed by atoms with Gasteiger partial charge in [-0.3, -0.25) is 0 Å². The summed E-state index contributed by atoms with van der Waals surface area (Å²) in [6.07, 6.45) is 2.14. The Morgan fingerprint density at radius 1 is 1.67 bits per heavy atom. The third kappa shape index (κ3) is 3.22. The van der Waals surface area contributed by atoms with Crippen LogP contribution in [-0.2, 0) is 11.3 Å². The molecule has 2 rings (SSSR count). The predicted octanol–water partition coefficient (Wildman–Crippen LogP) is 1.59. The van der Waals surface area contributed by atoms with Gasteiger partial charge in [0.25, 0.3) is 0 Å². The molecular weight excluding hydrogens is 210 g/mol. The molecule has 15 heavy (non-hydrogen) atoms. The summed E-state index contributed by atoms with van der Waals surface area (Å²) in [5.74, 6) is 0. The van der Waals surface area contributed by atoms with Gasteiger partial charge >= 0.3 is 0 Å².